The van der Waals surface area contributed by atoms with Crippen LogP contribution >= 0.6 is 11.3 Å². The summed E-state index contributed by atoms with van der Waals surface area (Å²) in [5.74, 6) is -0.249. The zero-order valence-electron chi connectivity index (χ0n) is 11.8. The molecule has 0 saturated carbocycles. The molecular weight excluding hydrogens is 276 g/mol. The maximum absolute atomic E-state index is 11.6. The van der Waals surface area contributed by atoms with Crippen LogP contribution in [0.15, 0.2) is 24.0 Å². The molecule has 0 radical (unpaired) electrons. The van der Waals surface area contributed by atoms with E-state index in [0.717, 1.165) is 22.3 Å². The van der Waals surface area contributed by atoms with Crippen LogP contribution in [0.1, 0.15) is 36.4 Å². The highest BCUT2D eigenvalue weighted by Gasteiger charge is 2.41. The van der Waals surface area contributed by atoms with Crippen LogP contribution in [0.25, 0.3) is 0 Å². The van der Waals surface area contributed by atoms with Gasteiger partial charge >= 0.3 is 5.97 Å². The third-order valence-electron chi connectivity index (χ3n) is 3.79. The predicted molar refractivity (Wildman–Crippen MR) is 77.6 cm³/mol. The summed E-state index contributed by atoms with van der Waals surface area (Å²) in [4.78, 5) is 13.7. The minimum absolute atomic E-state index is 0.0541. The third-order valence-corrected chi connectivity index (χ3v) is 4.92. The van der Waals surface area contributed by atoms with E-state index < -0.39 is 11.6 Å². The Labute approximate surface area is 122 Å². The van der Waals surface area contributed by atoms with Crippen LogP contribution in [0.5, 0.6) is 0 Å². The largest absolute Gasteiger partial charge is 0.512 e. The number of aliphatic hydroxyl groups is 2. The first kappa shape index (κ1) is 15.1. The first-order valence-electron chi connectivity index (χ1n) is 6.76. The molecule has 5 heteroatoms. The monoisotopic (exact) mass is 296 g/mol. The first-order chi connectivity index (χ1) is 9.45. The van der Waals surface area contributed by atoms with Crippen LogP contribution in [-0.2, 0) is 22.6 Å². The maximum Gasteiger partial charge on any atom is 0.334 e. The molecule has 110 valence electrons. The van der Waals surface area contributed by atoms with Gasteiger partial charge in [-0.15, -0.1) is 11.3 Å². The number of aryl methyl sites for hydroxylation is 1. The molecule has 0 amide bonds. The second-order valence-corrected chi connectivity index (χ2v) is 6.73. The second kappa shape index (κ2) is 5.97. The molecule has 0 aromatic carbocycles. The average molecular weight is 296 g/mol. The van der Waals surface area contributed by atoms with Crippen LogP contribution in [0, 0.1) is 5.92 Å². The number of rotatable bonds is 5. The number of hydrogen-bond acceptors (Lipinski definition) is 5. The second-order valence-electron chi connectivity index (χ2n) is 5.48. The fraction of sp³-hybridized carbons (Fsp3) is 0.533. The minimum atomic E-state index is -0.640. The summed E-state index contributed by atoms with van der Waals surface area (Å²) in [5, 5.41) is 18.8. The Kier molecular flexibility index (Phi) is 4.50. The minimum Gasteiger partial charge on any atom is -0.512 e. The van der Waals surface area contributed by atoms with Crippen molar-refractivity contribution in [2.75, 3.05) is 0 Å². The highest BCUT2D eigenvalue weighted by atomic mass is 32.1. The standard InChI is InChI=1S/C15H20O4S/c1-10(2)15(8-11(17)7-14(18)19-15)6-5-12-3-4-13(9-16)20-12/h3-4,7,10,16-17H,5-6,8-9H2,1-2H3. The fourth-order valence-electron chi connectivity index (χ4n) is 2.49. The molecule has 1 aromatic rings. The van der Waals surface area contributed by atoms with E-state index in [1.807, 2.05) is 26.0 Å². The number of carbonyl (C=O) groups is 1. The molecule has 0 aliphatic carbocycles. The molecule has 20 heavy (non-hydrogen) atoms. The highest BCUT2D eigenvalue weighted by molar-refractivity contribution is 7.11. The summed E-state index contributed by atoms with van der Waals surface area (Å²) in [5.41, 5.74) is -0.640. The van der Waals surface area contributed by atoms with E-state index in [1.165, 1.54) is 0 Å². The Morgan fingerprint density at radius 1 is 1.40 bits per heavy atom. The molecule has 2 heterocycles. The Morgan fingerprint density at radius 2 is 2.10 bits per heavy atom. The summed E-state index contributed by atoms with van der Waals surface area (Å²) in [6, 6.07) is 3.90. The Bertz CT molecular complexity index is 518. The molecule has 4 nitrogen and oxygen atoms in total. The summed E-state index contributed by atoms with van der Waals surface area (Å²) < 4.78 is 5.54. The molecule has 0 bridgehead atoms. The molecule has 1 aliphatic rings. The average Bonchev–Trinajstić information content (AvgIpc) is 2.83. The van der Waals surface area contributed by atoms with Gasteiger partial charge < -0.3 is 14.9 Å². The molecule has 0 fully saturated rings. The number of cyclic esters (lactones) is 1. The number of carbonyl (C=O) groups excluding carboxylic acids is 1. The van der Waals surface area contributed by atoms with Crippen LogP contribution < -0.4 is 0 Å². The van der Waals surface area contributed by atoms with Gasteiger partial charge in [-0.1, -0.05) is 13.8 Å². The Balaban J connectivity index is 2.10. The van der Waals surface area contributed by atoms with E-state index in [0.29, 0.717) is 12.8 Å². The number of hydrogen-bond donors (Lipinski definition) is 2. The van der Waals surface area contributed by atoms with Crippen molar-refractivity contribution in [1.29, 1.82) is 0 Å². The lowest BCUT2D eigenvalue weighted by Crippen LogP contribution is -2.43. The van der Waals surface area contributed by atoms with Crippen molar-refractivity contribution in [1.82, 2.24) is 0 Å². The molecule has 1 aromatic heterocycles. The molecule has 1 aliphatic heterocycles. The van der Waals surface area contributed by atoms with Gasteiger partial charge in [0.15, 0.2) is 0 Å². The molecule has 2 N–H and O–H groups in total. The molecular formula is C15H20O4S. The van der Waals surface area contributed by atoms with E-state index in [9.17, 15) is 9.90 Å². The van der Waals surface area contributed by atoms with Crippen molar-refractivity contribution < 1.29 is 19.7 Å². The van der Waals surface area contributed by atoms with E-state index >= 15 is 0 Å². The number of esters is 1. The highest BCUT2D eigenvalue weighted by Crippen LogP contribution is 2.37. The van der Waals surface area contributed by atoms with E-state index in [-0.39, 0.29) is 18.3 Å². The zero-order chi connectivity index (χ0) is 14.8. The van der Waals surface area contributed by atoms with Gasteiger partial charge in [0.25, 0.3) is 0 Å². The van der Waals surface area contributed by atoms with Crippen LogP contribution in [0.4, 0.5) is 0 Å². The molecule has 0 spiro atoms. The fourth-order valence-corrected chi connectivity index (χ4v) is 3.36. The lowest BCUT2D eigenvalue weighted by atomic mass is 9.81. The van der Waals surface area contributed by atoms with Gasteiger partial charge in [0, 0.05) is 16.2 Å². The Morgan fingerprint density at radius 3 is 2.65 bits per heavy atom. The number of thiophene rings is 1. The van der Waals surface area contributed by atoms with E-state index in [2.05, 4.69) is 0 Å². The van der Waals surface area contributed by atoms with Crippen molar-refractivity contribution >= 4 is 17.3 Å². The van der Waals surface area contributed by atoms with E-state index in [1.54, 1.807) is 11.3 Å². The van der Waals surface area contributed by atoms with E-state index in [4.69, 9.17) is 9.84 Å². The van der Waals surface area contributed by atoms with Gasteiger partial charge in [0.2, 0.25) is 0 Å². The topological polar surface area (TPSA) is 66.8 Å². The van der Waals surface area contributed by atoms with Gasteiger partial charge in [0.05, 0.1) is 12.7 Å². The van der Waals surface area contributed by atoms with Crippen LogP contribution in [0.3, 0.4) is 0 Å². The van der Waals surface area contributed by atoms with Gasteiger partial charge in [-0.2, -0.15) is 0 Å². The SMILES string of the molecule is CC(C)C1(CCc2ccc(CO)s2)CC(O)=CC(=O)O1. The summed E-state index contributed by atoms with van der Waals surface area (Å²) >= 11 is 1.57. The summed E-state index contributed by atoms with van der Waals surface area (Å²) in [6.07, 6.45) is 2.95. The van der Waals surface area contributed by atoms with Gasteiger partial charge in [-0.3, -0.25) is 0 Å². The first-order valence-corrected chi connectivity index (χ1v) is 7.58. The molecule has 2 rings (SSSR count). The van der Waals surface area contributed by atoms with Crippen molar-refractivity contribution in [2.24, 2.45) is 5.92 Å². The molecule has 1 atom stereocenters. The van der Waals surface area contributed by atoms with Crippen LogP contribution in [-0.4, -0.2) is 21.8 Å². The van der Waals surface area contributed by atoms with Crippen molar-refractivity contribution in [3.05, 3.63) is 33.7 Å². The van der Waals surface area contributed by atoms with Crippen molar-refractivity contribution in [2.45, 2.75) is 45.3 Å². The smallest absolute Gasteiger partial charge is 0.334 e. The quantitative estimate of drug-likeness (QED) is 0.820. The summed E-state index contributed by atoms with van der Waals surface area (Å²) in [7, 11) is 0. The Hall–Kier alpha value is -1.33. The lowest BCUT2D eigenvalue weighted by Gasteiger charge is -2.38. The van der Waals surface area contributed by atoms with Crippen molar-refractivity contribution in [3.8, 4) is 0 Å². The van der Waals surface area contributed by atoms with Gasteiger partial charge in [0.1, 0.15) is 11.4 Å². The number of ether oxygens (including phenoxy) is 1. The van der Waals surface area contributed by atoms with Crippen LogP contribution in [0.2, 0.25) is 0 Å². The maximum atomic E-state index is 11.6. The summed E-state index contributed by atoms with van der Waals surface area (Å²) in [6.45, 7) is 4.05. The molecule has 0 saturated heterocycles. The molecule has 1 unspecified atom stereocenters. The third kappa shape index (κ3) is 3.22. The predicted octanol–water partition coefficient (Wildman–Crippen LogP) is 2.96. The van der Waals surface area contributed by atoms with Gasteiger partial charge in [-0.05, 0) is 30.9 Å². The normalized spacial score (nSPS) is 22.8. The van der Waals surface area contributed by atoms with Gasteiger partial charge in [-0.25, -0.2) is 4.79 Å². The lowest BCUT2D eigenvalue weighted by molar-refractivity contribution is -0.163. The van der Waals surface area contributed by atoms with Crippen molar-refractivity contribution in [3.63, 3.8) is 0 Å². The number of aliphatic hydroxyl groups excluding tert-OH is 2. The zero-order valence-corrected chi connectivity index (χ0v) is 12.6.